The van der Waals surface area contributed by atoms with Crippen molar-refractivity contribution in [2.24, 2.45) is 0 Å². The van der Waals surface area contributed by atoms with Gasteiger partial charge in [0.05, 0.1) is 9.26 Å². The molecule has 1 aromatic carbocycles. The van der Waals surface area contributed by atoms with E-state index in [9.17, 15) is 0 Å². The van der Waals surface area contributed by atoms with E-state index in [0.29, 0.717) is 16.5 Å². The smallest absolute Gasteiger partial charge is 0.143 e. The van der Waals surface area contributed by atoms with Gasteiger partial charge in [-0.15, -0.1) is 0 Å². The second-order valence-electron chi connectivity index (χ2n) is 4.73. The first kappa shape index (κ1) is 16.8. The molecule has 0 spiro atoms. The third-order valence-electron chi connectivity index (χ3n) is 2.97. The minimum absolute atomic E-state index is 0.592. The van der Waals surface area contributed by atoms with Crippen LogP contribution in [0.4, 0.5) is 5.82 Å². The highest BCUT2D eigenvalue weighted by atomic mass is 127. The fourth-order valence-corrected chi connectivity index (χ4v) is 2.80. The van der Waals surface area contributed by atoms with Gasteiger partial charge in [-0.3, -0.25) is 0 Å². The first-order valence-corrected chi connectivity index (χ1v) is 8.55. The summed E-state index contributed by atoms with van der Waals surface area (Å²) in [6, 6.07) is 5.49. The Bertz CT molecular complexity index is 647. The van der Waals surface area contributed by atoms with E-state index >= 15 is 0 Å². The number of hydrogen-bond acceptors (Lipinski definition) is 3. The average molecular weight is 436 g/mol. The Morgan fingerprint density at radius 3 is 2.67 bits per heavy atom. The van der Waals surface area contributed by atoms with Crippen molar-refractivity contribution in [3.63, 3.8) is 0 Å². The Labute approximate surface area is 148 Å². The SMILES string of the molecule is CCCNc1nc(Cc2ccc(Cl)cc2Cl)nc(C)c1I. The lowest BCUT2D eigenvalue weighted by molar-refractivity contribution is 0.909. The molecule has 3 nitrogen and oxygen atoms in total. The summed E-state index contributed by atoms with van der Waals surface area (Å²) in [6.07, 6.45) is 1.64. The second-order valence-corrected chi connectivity index (χ2v) is 6.65. The van der Waals surface area contributed by atoms with Crippen molar-refractivity contribution in [2.75, 3.05) is 11.9 Å². The summed E-state index contributed by atoms with van der Waals surface area (Å²) >= 11 is 14.4. The van der Waals surface area contributed by atoms with Crippen LogP contribution in [0.1, 0.15) is 30.4 Å². The van der Waals surface area contributed by atoms with E-state index in [2.05, 4.69) is 44.8 Å². The van der Waals surface area contributed by atoms with Crippen molar-refractivity contribution in [3.8, 4) is 0 Å². The molecule has 0 aliphatic rings. The molecule has 0 fully saturated rings. The van der Waals surface area contributed by atoms with Gasteiger partial charge in [0.15, 0.2) is 0 Å². The van der Waals surface area contributed by atoms with Gasteiger partial charge < -0.3 is 5.32 Å². The molecule has 0 saturated heterocycles. The molecule has 0 aliphatic carbocycles. The largest absolute Gasteiger partial charge is 0.369 e. The summed E-state index contributed by atoms with van der Waals surface area (Å²) in [5, 5.41) is 4.62. The quantitative estimate of drug-likeness (QED) is 0.663. The molecular weight excluding hydrogens is 420 g/mol. The van der Waals surface area contributed by atoms with Gasteiger partial charge in [0, 0.05) is 23.0 Å². The fourth-order valence-electron chi connectivity index (χ4n) is 1.89. The number of aromatic nitrogens is 2. The van der Waals surface area contributed by atoms with Crippen LogP contribution < -0.4 is 5.32 Å². The van der Waals surface area contributed by atoms with Crippen LogP contribution in [0.5, 0.6) is 0 Å². The highest BCUT2D eigenvalue weighted by Gasteiger charge is 2.11. The Hall–Kier alpha value is -0.590. The maximum absolute atomic E-state index is 6.22. The fraction of sp³-hybridized carbons (Fsp3) is 0.333. The molecule has 0 radical (unpaired) electrons. The predicted molar refractivity (Wildman–Crippen MR) is 97.5 cm³/mol. The van der Waals surface area contributed by atoms with Gasteiger partial charge >= 0.3 is 0 Å². The molecular formula is C15H16Cl2IN3. The lowest BCUT2D eigenvalue weighted by atomic mass is 10.1. The van der Waals surface area contributed by atoms with Crippen molar-refractivity contribution >= 4 is 51.6 Å². The van der Waals surface area contributed by atoms with E-state index in [-0.39, 0.29) is 0 Å². The molecule has 112 valence electrons. The third-order valence-corrected chi connectivity index (χ3v) is 4.85. The number of aryl methyl sites for hydroxylation is 1. The number of nitrogens with one attached hydrogen (secondary N) is 1. The first-order valence-electron chi connectivity index (χ1n) is 6.72. The summed E-state index contributed by atoms with van der Waals surface area (Å²) in [4.78, 5) is 9.16. The van der Waals surface area contributed by atoms with E-state index < -0.39 is 0 Å². The van der Waals surface area contributed by atoms with Gasteiger partial charge in [-0.25, -0.2) is 9.97 Å². The Kier molecular flexibility index (Phi) is 6.08. The topological polar surface area (TPSA) is 37.8 Å². The number of halogens is 3. The van der Waals surface area contributed by atoms with Crippen LogP contribution in [-0.4, -0.2) is 16.5 Å². The van der Waals surface area contributed by atoms with Crippen LogP contribution >= 0.6 is 45.8 Å². The first-order chi connectivity index (χ1) is 10.0. The maximum atomic E-state index is 6.22. The van der Waals surface area contributed by atoms with Gasteiger partial charge in [-0.1, -0.05) is 36.2 Å². The summed E-state index contributed by atoms with van der Waals surface area (Å²) in [7, 11) is 0. The lowest BCUT2D eigenvalue weighted by Gasteiger charge is -2.11. The molecule has 1 aromatic heterocycles. The van der Waals surface area contributed by atoms with Crippen molar-refractivity contribution < 1.29 is 0 Å². The third kappa shape index (κ3) is 4.44. The van der Waals surface area contributed by atoms with Crippen molar-refractivity contribution in [1.29, 1.82) is 0 Å². The molecule has 2 rings (SSSR count). The molecule has 1 N–H and O–H groups in total. The van der Waals surface area contributed by atoms with Gasteiger partial charge in [-0.2, -0.15) is 0 Å². The monoisotopic (exact) mass is 435 g/mol. The van der Waals surface area contributed by atoms with Crippen molar-refractivity contribution in [1.82, 2.24) is 9.97 Å². The zero-order chi connectivity index (χ0) is 15.4. The van der Waals surface area contributed by atoms with Crippen LogP contribution in [0, 0.1) is 10.5 Å². The predicted octanol–water partition coefficient (Wildman–Crippen LogP) is 5.11. The van der Waals surface area contributed by atoms with Crippen LogP contribution in [0.15, 0.2) is 18.2 Å². The summed E-state index contributed by atoms with van der Waals surface area (Å²) in [5.74, 6) is 1.65. The summed E-state index contributed by atoms with van der Waals surface area (Å²) in [6.45, 7) is 5.02. The van der Waals surface area contributed by atoms with Gasteiger partial charge in [0.2, 0.25) is 0 Å². The van der Waals surface area contributed by atoms with Gasteiger partial charge in [0.25, 0.3) is 0 Å². The van der Waals surface area contributed by atoms with Crippen LogP contribution in [-0.2, 0) is 6.42 Å². The highest BCUT2D eigenvalue weighted by molar-refractivity contribution is 14.1. The summed E-state index contributed by atoms with van der Waals surface area (Å²) in [5.41, 5.74) is 1.95. The zero-order valence-electron chi connectivity index (χ0n) is 11.9. The molecule has 1 heterocycles. The molecule has 6 heteroatoms. The molecule has 0 atom stereocenters. The molecule has 2 aromatic rings. The van der Waals surface area contributed by atoms with Crippen LogP contribution in [0.2, 0.25) is 10.0 Å². The van der Waals surface area contributed by atoms with Crippen LogP contribution in [0.3, 0.4) is 0 Å². The van der Waals surface area contributed by atoms with Gasteiger partial charge in [0.1, 0.15) is 11.6 Å². The normalized spacial score (nSPS) is 10.7. The molecule has 0 unspecified atom stereocenters. The van der Waals surface area contributed by atoms with E-state index in [1.807, 2.05) is 19.1 Å². The molecule has 0 saturated carbocycles. The Morgan fingerprint density at radius 1 is 1.24 bits per heavy atom. The zero-order valence-corrected chi connectivity index (χ0v) is 15.6. The lowest BCUT2D eigenvalue weighted by Crippen LogP contribution is -2.09. The van der Waals surface area contributed by atoms with Crippen molar-refractivity contribution in [3.05, 3.63) is 48.9 Å². The molecule has 21 heavy (non-hydrogen) atoms. The number of hydrogen-bond donors (Lipinski definition) is 1. The molecule has 0 amide bonds. The minimum Gasteiger partial charge on any atom is -0.369 e. The number of anilines is 1. The minimum atomic E-state index is 0.592. The van der Waals surface area contributed by atoms with Crippen LogP contribution in [0.25, 0.3) is 0 Å². The van der Waals surface area contributed by atoms with Crippen molar-refractivity contribution in [2.45, 2.75) is 26.7 Å². The summed E-state index contributed by atoms with van der Waals surface area (Å²) < 4.78 is 1.06. The van der Waals surface area contributed by atoms with E-state index in [1.54, 1.807) is 6.07 Å². The Balaban J connectivity index is 2.29. The number of rotatable bonds is 5. The Morgan fingerprint density at radius 2 is 2.00 bits per heavy atom. The highest BCUT2D eigenvalue weighted by Crippen LogP contribution is 2.24. The molecule has 0 aliphatic heterocycles. The maximum Gasteiger partial charge on any atom is 0.143 e. The van der Waals surface area contributed by atoms with E-state index in [4.69, 9.17) is 23.2 Å². The second kappa shape index (κ2) is 7.61. The van der Waals surface area contributed by atoms with E-state index in [0.717, 1.165) is 39.4 Å². The van der Waals surface area contributed by atoms with Gasteiger partial charge in [-0.05, 0) is 53.6 Å². The molecule has 0 bridgehead atoms. The van der Waals surface area contributed by atoms with E-state index in [1.165, 1.54) is 0 Å². The average Bonchev–Trinajstić information content (AvgIpc) is 2.44. The standard InChI is InChI=1S/C15H16Cl2IN3/c1-3-6-19-15-14(18)9(2)20-13(21-15)7-10-4-5-11(16)8-12(10)17/h4-5,8H,3,6-7H2,1-2H3,(H,19,20,21). The number of benzene rings is 1. The number of nitrogens with zero attached hydrogens (tertiary/aromatic N) is 2.